The van der Waals surface area contributed by atoms with Gasteiger partial charge in [-0.2, -0.15) is 0 Å². The quantitative estimate of drug-likeness (QED) is 0.512. The van der Waals surface area contributed by atoms with Crippen molar-refractivity contribution in [2.75, 3.05) is 13.1 Å². The number of nitrogens with one attached hydrogen (secondary N) is 1. The topological polar surface area (TPSA) is 32.3 Å². The second-order valence-electron chi connectivity index (χ2n) is 3.30. The SMILES string of the molecule is CC(O)C1C2CNCC21. The first-order valence-corrected chi connectivity index (χ1v) is 3.69. The molecule has 0 aromatic rings. The fraction of sp³-hybridized carbons (Fsp3) is 1.00. The molecule has 0 aromatic heterocycles. The predicted octanol–water partition coefficient (Wildman–Crippen LogP) is -0.167. The average Bonchev–Trinajstić information content (AvgIpc) is 2.30. The third-order valence-electron chi connectivity index (χ3n) is 2.71. The van der Waals surface area contributed by atoms with Gasteiger partial charge in [0.2, 0.25) is 0 Å². The molecule has 2 aliphatic rings. The minimum absolute atomic E-state index is 0.0675. The molecule has 3 unspecified atom stereocenters. The van der Waals surface area contributed by atoms with Crippen molar-refractivity contribution < 1.29 is 5.11 Å². The second-order valence-corrected chi connectivity index (χ2v) is 3.30. The van der Waals surface area contributed by atoms with E-state index in [9.17, 15) is 5.11 Å². The van der Waals surface area contributed by atoms with Crippen LogP contribution in [0.25, 0.3) is 0 Å². The molecule has 0 spiro atoms. The van der Waals surface area contributed by atoms with Crippen molar-refractivity contribution in [2.24, 2.45) is 17.8 Å². The van der Waals surface area contributed by atoms with E-state index in [1.165, 1.54) is 0 Å². The number of fused-ring (bicyclic) bond motifs is 1. The van der Waals surface area contributed by atoms with E-state index in [-0.39, 0.29) is 6.10 Å². The van der Waals surface area contributed by atoms with Gasteiger partial charge in [-0.15, -0.1) is 0 Å². The summed E-state index contributed by atoms with van der Waals surface area (Å²) in [5.74, 6) is 2.25. The van der Waals surface area contributed by atoms with Crippen LogP contribution in [-0.4, -0.2) is 24.3 Å². The molecule has 3 atom stereocenters. The van der Waals surface area contributed by atoms with Crippen molar-refractivity contribution in [1.29, 1.82) is 0 Å². The Hall–Kier alpha value is -0.0800. The number of aliphatic hydroxyl groups is 1. The lowest BCUT2D eigenvalue weighted by Gasteiger charge is -2.05. The van der Waals surface area contributed by atoms with Crippen LogP contribution >= 0.6 is 0 Å². The van der Waals surface area contributed by atoms with Gasteiger partial charge in [-0.1, -0.05) is 0 Å². The molecule has 2 N–H and O–H groups in total. The van der Waals surface area contributed by atoms with E-state index >= 15 is 0 Å². The molecule has 0 aromatic carbocycles. The van der Waals surface area contributed by atoms with Crippen LogP contribution < -0.4 is 5.32 Å². The fourth-order valence-electron chi connectivity index (χ4n) is 2.18. The molecule has 2 nitrogen and oxygen atoms in total. The lowest BCUT2D eigenvalue weighted by Crippen LogP contribution is -2.19. The Labute approximate surface area is 55.3 Å². The predicted molar refractivity (Wildman–Crippen MR) is 35.0 cm³/mol. The Balaban J connectivity index is 1.94. The minimum atomic E-state index is -0.0675. The number of hydrogen-bond acceptors (Lipinski definition) is 2. The Bertz CT molecular complexity index is 114. The largest absolute Gasteiger partial charge is 0.393 e. The van der Waals surface area contributed by atoms with E-state index in [0.29, 0.717) is 5.92 Å². The molecule has 2 fully saturated rings. The number of aliphatic hydroxyl groups excluding tert-OH is 1. The highest BCUT2D eigenvalue weighted by molar-refractivity contribution is 5.05. The van der Waals surface area contributed by atoms with Crippen LogP contribution in [0.4, 0.5) is 0 Å². The molecular weight excluding hydrogens is 114 g/mol. The Kier molecular flexibility index (Phi) is 1.08. The van der Waals surface area contributed by atoms with Crippen molar-refractivity contribution in [3.05, 3.63) is 0 Å². The first-order valence-electron chi connectivity index (χ1n) is 3.69. The van der Waals surface area contributed by atoms with Crippen molar-refractivity contribution in [3.63, 3.8) is 0 Å². The first-order chi connectivity index (χ1) is 4.30. The standard InChI is InChI=1S/C7H13NO/c1-4(9)7-5-2-8-3-6(5)7/h4-9H,2-3H2,1H3. The highest BCUT2D eigenvalue weighted by atomic mass is 16.3. The number of piperidine rings is 1. The van der Waals surface area contributed by atoms with Crippen LogP contribution in [0.5, 0.6) is 0 Å². The van der Waals surface area contributed by atoms with Gasteiger partial charge in [0, 0.05) is 0 Å². The zero-order chi connectivity index (χ0) is 6.43. The van der Waals surface area contributed by atoms with Gasteiger partial charge in [0.1, 0.15) is 0 Å². The van der Waals surface area contributed by atoms with Gasteiger partial charge in [-0.3, -0.25) is 0 Å². The normalized spacial score (nSPS) is 50.7. The zero-order valence-electron chi connectivity index (χ0n) is 5.67. The summed E-state index contributed by atoms with van der Waals surface area (Å²) >= 11 is 0. The van der Waals surface area contributed by atoms with Crippen LogP contribution in [0.1, 0.15) is 6.92 Å². The molecule has 2 rings (SSSR count). The third kappa shape index (κ3) is 0.700. The van der Waals surface area contributed by atoms with Crippen molar-refractivity contribution >= 4 is 0 Å². The average molecular weight is 127 g/mol. The molecule has 1 aliphatic heterocycles. The summed E-state index contributed by atoms with van der Waals surface area (Å²) in [5.41, 5.74) is 0. The third-order valence-corrected chi connectivity index (χ3v) is 2.71. The number of hydrogen-bond donors (Lipinski definition) is 2. The molecule has 52 valence electrons. The minimum Gasteiger partial charge on any atom is -0.393 e. The molecule has 2 heteroatoms. The maximum atomic E-state index is 9.17. The summed E-state index contributed by atoms with van der Waals surface area (Å²) in [5, 5.41) is 12.5. The molecule has 1 saturated heterocycles. The van der Waals surface area contributed by atoms with Gasteiger partial charge in [-0.25, -0.2) is 0 Å². The van der Waals surface area contributed by atoms with Gasteiger partial charge in [0.15, 0.2) is 0 Å². The zero-order valence-corrected chi connectivity index (χ0v) is 5.67. The lowest BCUT2D eigenvalue weighted by molar-refractivity contribution is 0.156. The lowest BCUT2D eigenvalue weighted by atomic mass is 10.2. The first kappa shape index (κ1) is 5.69. The van der Waals surface area contributed by atoms with Crippen LogP contribution in [0.2, 0.25) is 0 Å². The van der Waals surface area contributed by atoms with Crippen molar-refractivity contribution in [1.82, 2.24) is 5.32 Å². The number of rotatable bonds is 1. The summed E-state index contributed by atoms with van der Waals surface area (Å²) < 4.78 is 0. The molecule has 0 radical (unpaired) electrons. The van der Waals surface area contributed by atoms with Gasteiger partial charge >= 0.3 is 0 Å². The van der Waals surface area contributed by atoms with E-state index < -0.39 is 0 Å². The summed E-state index contributed by atoms with van der Waals surface area (Å²) in [6, 6.07) is 0. The van der Waals surface area contributed by atoms with Gasteiger partial charge in [-0.05, 0) is 37.8 Å². The second kappa shape index (κ2) is 1.70. The van der Waals surface area contributed by atoms with Gasteiger partial charge in [0.25, 0.3) is 0 Å². The van der Waals surface area contributed by atoms with Crippen LogP contribution in [0.15, 0.2) is 0 Å². The van der Waals surface area contributed by atoms with Crippen LogP contribution in [0, 0.1) is 17.8 Å². The molecule has 1 heterocycles. The van der Waals surface area contributed by atoms with E-state index in [0.717, 1.165) is 24.9 Å². The van der Waals surface area contributed by atoms with E-state index in [1.807, 2.05) is 6.92 Å². The Morgan fingerprint density at radius 1 is 1.44 bits per heavy atom. The summed E-state index contributed by atoms with van der Waals surface area (Å²) in [6.07, 6.45) is -0.0675. The van der Waals surface area contributed by atoms with Crippen molar-refractivity contribution in [3.8, 4) is 0 Å². The highest BCUT2D eigenvalue weighted by Crippen LogP contribution is 2.50. The maximum Gasteiger partial charge on any atom is 0.0546 e. The van der Waals surface area contributed by atoms with Gasteiger partial charge < -0.3 is 10.4 Å². The Morgan fingerprint density at radius 2 is 2.00 bits per heavy atom. The fourth-order valence-corrected chi connectivity index (χ4v) is 2.18. The van der Waals surface area contributed by atoms with E-state index in [4.69, 9.17) is 0 Å². The van der Waals surface area contributed by atoms with E-state index in [1.54, 1.807) is 0 Å². The summed E-state index contributed by atoms with van der Waals surface area (Å²) in [6.45, 7) is 4.18. The van der Waals surface area contributed by atoms with Crippen molar-refractivity contribution in [2.45, 2.75) is 13.0 Å². The molecule has 1 aliphatic carbocycles. The smallest absolute Gasteiger partial charge is 0.0546 e. The van der Waals surface area contributed by atoms with Gasteiger partial charge in [0.05, 0.1) is 6.10 Å². The highest BCUT2D eigenvalue weighted by Gasteiger charge is 2.54. The summed E-state index contributed by atoms with van der Waals surface area (Å²) in [4.78, 5) is 0. The molecule has 1 saturated carbocycles. The van der Waals surface area contributed by atoms with Crippen LogP contribution in [0.3, 0.4) is 0 Å². The molecular formula is C7H13NO. The monoisotopic (exact) mass is 127 g/mol. The molecule has 9 heavy (non-hydrogen) atoms. The molecule has 0 amide bonds. The molecule has 0 bridgehead atoms. The van der Waals surface area contributed by atoms with Crippen LogP contribution in [-0.2, 0) is 0 Å². The Morgan fingerprint density at radius 3 is 2.33 bits per heavy atom. The van der Waals surface area contributed by atoms with E-state index in [2.05, 4.69) is 5.32 Å². The summed E-state index contributed by atoms with van der Waals surface area (Å²) in [7, 11) is 0. The maximum absolute atomic E-state index is 9.17.